The maximum Gasteiger partial charge on any atom is 0.407 e. The molecule has 0 fully saturated rings. The van der Waals surface area contributed by atoms with Crippen molar-refractivity contribution in [3.05, 3.63) is 45.6 Å². The smallest absolute Gasteiger partial charge is 0.407 e. The molecule has 1 amide bonds. The average molecular weight is 349 g/mol. The second-order valence-electron chi connectivity index (χ2n) is 6.10. The number of aromatic nitrogens is 1. The van der Waals surface area contributed by atoms with Gasteiger partial charge in [-0.05, 0) is 38.5 Å². The van der Waals surface area contributed by atoms with Gasteiger partial charge in [-0.2, -0.15) is 0 Å². The molecule has 1 aromatic heterocycles. The standard InChI is InChI=1S/C16H19N3O4S/c1-16(2,3)23-15(20)17-9-8-14-18-10-13(24-14)11-4-6-12(7-5-11)19(21)22/h4-7,10H,8-9H2,1-3H3,(H,17,20). The van der Waals surface area contributed by atoms with Crippen molar-refractivity contribution in [2.45, 2.75) is 32.8 Å². The minimum atomic E-state index is -0.519. The number of alkyl carbamates (subject to hydrolysis) is 1. The van der Waals surface area contributed by atoms with Gasteiger partial charge < -0.3 is 10.1 Å². The Labute approximate surface area is 143 Å². The molecule has 0 aliphatic heterocycles. The van der Waals surface area contributed by atoms with Crippen molar-refractivity contribution < 1.29 is 14.5 Å². The molecule has 0 radical (unpaired) electrons. The van der Waals surface area contributed by atoms with Gasteiger partial charge in [-0.15, -0.1) is 11.3 Å². The number of nitro groups is 1. The Balaban J connectivity index is 1.89. The molecular formula is C16H19N3O4S. The third-order valence-electron chi connectivity index (χ3n) is 2.92. The third-order valence-corrected chi connectivity index (χ3v) is 4.03. The molecule has 0 bridgehead atoms. The van der Waals surface area contributed by atoms with E-state index in [9.17, 15) is 14.9 Å². The number of nitro benzene ring substituents is 1. The van der Waals surface area contributed by atoms with Crippen molar-refractivity contribution in [3.8, 4) is 10.4 Å². The molecule has 1 heterocycles. The van der Waals surface area contributed by atoms with E-state index in [2.05, 4.69) is 10.3 Å². The average Bonchev–Trinajstić information content (AvgIpc) is 2.94. The summed E-state index contributed by atoms with van der Waals surface area (Å²) < 4.78 is 5.16. The van der Waals surface area contributed by atoms with Crippen LogP contribution in [0.2, 0.25) is 0 Å². The highest BCUT2D eigenvalue weighted by atomic mass is 32.1. The predicted molar refractivity (Wildman–Crippen MR) is 92.1 cm³/mol. The van der Waals surface area contributed by atoms with Crippen LogP contribution in [0.5, 0.6) is 0 Å². The molecule has 0 unspecified atom stereocenters. The summed E-state index contributed by atoms with van der Waals surface area (Å²) in [7, 11) is 0. The Hall–Kier alpha value is -2.48. The Morgan fingerprint density at radius 3 is 2.58 bits per heavy atom. The van der Waals surface area contributed by atoms with E-state index in [0.717, 1.165) is 15.4 Å². The predicted octanol–water partition coefficient (Wildman–Crippen LogP) is 3.79. The van der Waals surface area contributed by atoms with Crippen LogP contribution in [0.15, 0.2) is 30.5 Å². The number of amides is 1. The van der Waals surface area contributed by atoms with E-state index in [1.807, 2.05) is 20.8 Å². The summed E-state index contributed by atoms with van der Waals surface area (Å²) in [5.41, 5.74) is 0.420. The number of nitrogens with one attached hydrogen (secondary N) is 1. The van der Waals surface area contributed by atoms with E-state index in [-0.39, 0.29) is 5.69 Å². The number of ether oxygens (including phenoxy) is 1. The highest BCUT2D eigenvalue weighted by Crippen LogP contribution is 2.27. The molecule has 24 heavy (non-hydrogen) atoms. The number of rotatable bonds is 5. The first kappa shape index (κ1) is 17.9. The SMILES string of the molecule is CC(C)(C)OC(=O)NCCc1ncc(-c2ccc([N+](=O)[O-])cc2)s1. The number of hydrogen-bond donors (Lipinski definition) is 1. The summed E-state index contributed by atoms with van der Waals surface area (Å²) in [4.78, 5) is 27.0. The van der Waals surface area contributed by atoms with E-state index >= 15 is 0 Å². The molecule has 1 N–H and O–H groups in total. The number of carbonyl (C=O) groups is 1. The summed E-state index contributed by atoms with van der Waals surface area (Å²) >= 11 is 1.49. The molecule has 0 saturated heterocycles. The van der Waals surface area contributed by atoms with Crippen LogP contribution in [0.3, 0.4) is 0 Å². The minimum Gasteiger partial charge on any atom is -0.444 e. The fourth-order valence-corrected chi connectivity index (χ4v) is 2.82. The monoisotopic (exact) mass is 349 g/mol. The van der Waals surface area contributed by atoms with Gasteiger partial charge in [0.15, 0.2) is 0 Å². The first-order valence-corrected chi connectivity index (χ1v) is 8.22. The van der Waals surface area contributed by atoms with E-state index in [1.165, 1.54) is 23.5 Å². The topological polar surface area (TPSA) is 94.4 Å². The lowest BCUT2D eigenvalue weighted by Crippen LogP contribution is -2.33. The number of carbonyl (C=O) groups excluding carboxylic acids is 1. The minimum absolute atomic E-state index is 0.0602. The number of hydrogen-bond acceptors (Lipinski definition) is 6. The summed E-state index contributed by atoms with van der Waals surface area (Å²) in [6.45, 7) is 5.86. The molecule has 128 valence electrons. The quantitative estimate of drug-likeness (QED) is 0.655. The van der Waals surface area contributed by atoms with Crippen molar-refractivity contribution in [1.82, 2.24) is 10.3 Å². The first-order valence-electron chi connectivity index (χ1n) is 7.41. The van der Waals surface area contributed by atoms with E-state index in [1.54, 1.807) is 18.3 Å². The number of thiazole rings is 1. The highest BCUT2D eigenvalue weighted by Gasteiger charge is 2.15. The molecule has 0 aliphatic rings. The third kappa shape index (κ3) is 5.31. The van der Waals surface area contributed by atoms with Crippen LogP contribution in [0.1, 0.15) is 25.8 Å². The summed E-state index contributed by atoms with van der Waals surface area (Å²) in [5, 5.41) is 14.2. The molecular weight excluding hydrogens is 330 g/mol. The van der Waals surface area contributed by atoms with Gasteiger partial charge in [-0.25, -0.2) is 9.78 Å². The molecule has 0 spiro atoms. The summed E-state index contributed by atoms with van der Waals surface area (Å²) in [6.07, 6.45) is 1.88. The summed E-state index contributed by atoms with van der Waals surface area (Å²) in [6, 6.07) is 6.35. The maximum atomic E-state index is 11.6. The number of nitrogens with zero attached hydrogens (tertiary/aromatic N) is 2. The normalized spacial score (nSPS) is 11.1. The zero-order valence-electron chi connectivity index (χ0n) is 13.7. The second kappa shape index (κ2) is 7.39. The second-order valence-corrected chi connectivity index (χ2v) is 7.22. The van der Waals surface area contributed by atoms with Crippen LogP contribution < -0.4 is 5.32 Å². The van der Waals surface area contributed by atoms with Crippen molar-refractivity contribution in [3.63, 3.8) is 0 Å². The van der Waals surface area contributed by atoms with E-state index in [0.29, 0.717) is 13.0 Å². The molecule has 0 saturated carbocycles. The van der Waals surface area contributed by atoms with Crippen LogP contribution in [-0.4, -0.2) is 28.1 Å². The van der Waals surface area contributed by atoms with Gasteiger partial charge in [-0.1, -0.05) is 0 Å². The summed E-state index contributed by atoms with van der Waals surface area (Å²) in [5.74, 6) is 0. The van der Waals surface area contributed by atoms with Crippen molar-refractivity contribution >= 4 is 23.1 Å². The Kier molecular flexibility index (Phi) is 5.50. The van der Waals surface area contributed by atoms with Crippen molar-refractivity contribution in [1.29, 1.82) is 0 Å². The van der Waals surface area contributed by atoms with E-state index < -0.39 is 16.6 Å². The van der Waals surface area contributed by atoms with Crippen molar-refractivity contribution in [2.75, 3.05) is 6.54 Å². The number of non-ortho nitro benzene ring substituents is 1. The molecule has 2 aromatic rings. The molecule has 8 heteroatoms. The molecule has 0 aliphatic carbocycles. The van der Waals surface area contributed by atoms with Gasteiger partial charge >= 0.3 is 6.09 Å². The van der Waals surface area contributed by atoms with Gasteiger partial charge in [0.25, 0.3) is 5.69 Å². The molecule has 7 nitrogen and oxygen atoms in total. The fraction of sp³-hybridized carbons (Fsp3) is 0.375. The van der Waals surface area contributed by atoms with Gasteiger partial charge in [0.2, 0.25) is 0 Å². The lowest BCUT2D eigenvalue weighted by molar-refractivity contribution is -0.384. The fourth-order valence-electron chi connectivity index (χ4n) is 1.89. The maximum absolute atomic E-state index is 11.6. The molecule has 0 atom stereocenters. The van der Waals surface area contributed by atoms with Crippen molar-refractivity contribution in [2.24, 2.45) is 0 Å². The van der Waals surface area contributed by atoms with Gasteiger partial charge in [0.1, 0.15) is 5.60 Å². The lowest BCUT2D eigenvalue weighted by atomic mass is 10.2. The van der Waals surface area contributed by atoms with Gasteiger partial charge in [0, 0.05) is 31.3 Å². The van der Waals surface area contributed by atoms with Crippen LogP contribution in [0.25, 0.3) is 10.4 Å². The van der Waals surface area contributed by atoms with Crippen LogP contribution in [-0.2, 0) is 11.2 Å². The van der Waals surface area contributed by atoms with Crippen LogP contribution >= 0.6 is 11.3 Å². The zero-order valence-corrected chi connectivity index (χ0v) is 14.6. The Morgan fingerprint density at radius 1 is 1.33 bits per heavy atom. The Bertz CT molecular complexity index is 720. The Morgan fingerprint density at radius 2 is 2.00 bits per heavy atom. The largest absolute Gasteiger partial charge is 0.444 e. The molecule has 1 aromatic carbocycles. The van der Waals surface area contributed by atoms with Gasteiger partial charge in [0.05, 0.1) is 14.8 Å². The zero-order chi connectivity index (χ0) is 17.7. The molecule has 2 rings (SSSR count). The van der Waals surface area contributed by atoms with Crippen LogP contribution in [0.4, 0.5) is 10.5 Å². The first-order chi connectivity index (χ1) is 11.2. The number of benzene rings is 1. The van der Waals surface area contributed by atoms with E-state index in [4.69, 9.17) is 4.74 Å². The lowest BCUT2D eigenvalue weighted by Gasteiger charge is -2.19. The van der Waals surface area contributed by atoms with Crippen LogP contribution in [0, 0.1) is 10.1 Å². The van der Waals surface area contributed by atoms with Gasteiger partial charge in [-0.3, -0.25) is 10.1 Å². The highest BCUT2D eigenvalue weighted by molar-refractivity contribution is 7.15.